The van der Waals surface area contributed by atoms with Gasteiger partial charge in [0.05, 0.1) is 0 Å². The number of carboxylic acids is 1. The minimum Gasteiger partial charge on any atom is -0.483 e. The van der Waals surface area contributed by atoms with Crippen molar-refractivity contribution in [3.63, 3.8) is 0 Å². The number of nitrogens with two attached hydrogens (primary N) is 1. The molecule has 102 valence electrons. The average Bonchev–Trinajstić information content (AvgIpc) is 2.42. The van der Waals surface area contributed by atoms with E-state index in [0.29, 0.717) is 11.3 Å². The van der Waals surface area contributed by atoms with Gasteiger partial charge in [0, 0.05) is 11.6 Å². The third-order valence-electron chi connectivity index (χ3n) is 2.69. The molecule has 0 aliphatic carbocycles. The number of carbonyl (C=O) groups excluding carboxylic acids is 1. The first kappa shape index (κ1) is 13.6. The van der Waals surface area contributed by atoms with Gasteiger partial charge in [0.15, 0.2) is 6.61 Å². The van der Waals surface area contributed by atoms with Crippen molar-refractivity contribution in [1.29, 1.82) is 0 Å². The van der Waals surface area contributed by atoms with E-state index in [9.17, 15) is 9.59 Å². The minimum atomic E-state index is -1.06. The van der Waals surface area contributed by atoms with E-state index in [1.54, 1.807) is 6.07 Å². The fourth-order valence-corrected chi connectivity index (χ4v) is 1.88. The van der Waals surface area contributed by atoms with Crippen molar-refractivity contribution < 1.29 is 19.4 Å². The number of fused-ring (bicyclic) bond motifs is 1. The van der Waals surface area contributed by atoms with E-state index in [0.717, 1.165) is 16.8 Å². The van der Waals surface area contributed by atoms with Gasteiger partial charge in [-0.1, -0.05) is 30.3 Å². The Bertz CT molecular complexity index is 691. The molecule has 5 heteroatoms. The molecule has 1 amide bonds. The molecule has 0 aliphatic rings. The topological polar surface area (TPSA) is 89.6 Å². The molecule has 0 radical (unpaired) electrons. The van der Waals surface area contributed by atoms with Gasteiger partial charge in [-0.25, -0.2) is 4.79 Å². The number of benzene rings is 2. The van der Waals surface area contributed by atoms with Crippen LogP contribution in [0.5, 0.6) is 5.75 Å². The Labute approximate surface area is 115 Å². The molecule has 0 spiro atoms. The van der Waals surface area contributed by atoms with Crippen LogP contribution in [0.3, 0.4) is 0 Å². The molecule has 0 saturated heterocycles. The average molecular weight is 271 g/mol. The lowest BCUT2D eigenvalue weighted by molar-refractivity contribution is -0.131. The number of hydrogen-bond donors (Lipinski definition) is 2. The molecule has 0 aromatic heterocycles. The second-order valence-corrected chi connectivity index (χ2v) is 4.13. The van der Waals surface area contributed by atoms with E-state index in [1.165, 1.54) is 6.08 Å². The van der Waals surface area contributed by atoms with Gasteiger partial charge in [0.2, 0.25) is 0 Å². The second kappa shape index (κ2) is 5.88. The van der Waals surface area contributed by atoms with E-state index in [-0.39, 0.29) is 6.61 Å². The Kier molecular flexibility index (Phi) is 4.00. The predicted octanol–water partition coefficient (Wildman–Crippen LogP) is 1.80. The minimum absolute atomic E-state index is 0.258. The maximum atomic E-state index is 10.8. The molecular weight excluding hydrogens is 258 g/mol. The van der Waals surface area contributed by atoms with Gasteiger partial charge in [0.25, 0.3) is 5.91 Å². The first-order valence-electron chi connectivity index (χ1n) is 5.92. The van der Waals surface area contributed by atoms with Crippen LogP contribution in [0.4, 0.5) is 0 Å². The third kappa shape index (κ3) is 3.14. The zero-order chi connectivity index (χ0) is 14.5. The van der Waals surface area contributed by atoms with Crippen molar-refractivity contribution in [2.24, 2.45) is 5.73 Å². The van der Waals surface area contributed by atoms with E-state index < -0.39 is 11.9 Å². The molecule has 0 aliphatic heterocycles. The van der Waals surface area contributed by atoms with Crippen LogP contribution in [0, 0.1) is 0 Å². The number of carbonyl (C=O) groups is 2. The quantitative estimate of drug-likeness (QED) is 0.811. The molecule has 2 rings (SSSR count). The first-order valence-corrected chi connectivity index (χ1v) is 5.92. The lowest BCUT2D eigenvalue weighted by atomic mass is 10.0. The van der Waals surface area contributed by atoms with Crippen molar-refractivity contribution in [1.82, 2.24) is 0 Å². The van der Waals surface area contributed by atoms with Crippen molar-refractivity contribution in [2.75, 3.05) is 6.61 Å². The summed E-state index contributed by atoms with van der Waals surface area (Å²) in [6.45, 7) is -0.258. The van der Waals surface area contributed by atoms with Crippen LogP contribution in [0.25, 0.3) is 16.8 Å². The zero-order valence-corrected chi connectivity index (χ0v) is 10.6. The van der Waals surface area contributed by atoms with Crippen LogP contribution >= 0.6 is 0 Å². The van der Waals surface area contributed by atoms with E-state index in [4.69, 9.17) is 15.6 Å². The van der Waals surface area contributed by atoms with Gasteiger partial charge >= 0.3 is 5.97 Å². The van der Waals surface area contributed by atoms with Gasteiger partial charge in [-0.2, -0.15) is 0 Å². The molecule has 0 fully saturated rings. The highest BCUT2D eigenvalue weighted by molar-refractivity contribution is 5.96. The van der Waals surface area contributed by atoms with Gasteiger partial charge in [0.1, 0.15) is 5.75 Å². The van der Waals surface area contributed by atoms with Crippen LogP contribution in [0.15, 0.2) is 42.5 Å². The maximum Gasteiger partial charge on any atom is 0.328 e. The Morgan fingerprint density at radius 1 is 1.20 bits per heavy atom. The molecule has 0 bridgehead atoms. The van der Waals surface area contributed by atoms with E-state index in [1.807, 2.05) is 30.3 Å². The molecule has 2 aromatic carbocycles. The lowest BCUT2D eigenvalue weighted by Gasteiger charge is -2.10. The van der Waals surface area contributed by atoms with Crippen LogP contribution in [0.2, 0.25) is 0 Å². The van der Waals surface area contributed by atoms with E-state index >= 15 is 0 Å². The summed E-state index contributed by atoms with van der Waals surface area (Å²) in [5.41, 5.74) is 5.65. The third-order valence-corrected chi connectivity index (χ3v) is 2.69. The SMILES string of the molecule is NC(=O)COc1ccc2ccccc2c1/C=C/C(=O)O. The molecule has 0 unspecified atom stereocenters. The molecule has 0 atom stereocenters. The van der Waals surface area contributed by atoms with Crippen molar-refractivity contribution in [2.45, 2.75) is 0 Å². The van der Waals surface area contributed by atoms with Gasteiger partial charge < -0.3 is 15.6 Å². The summed E-state index contributed by atoms with van der Waals surface area (Å²) in [5.74, 6) is -1.23. The monoisotopic (exact) mass is 271 g/mol. The first-order chi connectivity index (χ1) is 9.58. The van der Waals surface area contributed by atoms with Crippen molar-refractivity contribution in [3.8, 4) is 5.75 Å². The normalized spacial score (nSPS) is 10.8. The Morgan fingerprint density at radius 3 is 2.65 bits per heavy atom. The highest BCUT2D eigenvalue weighted by atomic mass is 16.5. The molecule has 20 heavy (non-hydrogen) atoms. The van der Waals surface area contributed by atoms with Gasteiger partial charge in [-0.3, -0.25) is 4.79 Å². The lowest BCUT2D eigenvalue weighted by Crippen LogP contribution is -2.20. The number of hydrogen-bond acceptors (Lipinski definition) is 3. The van der Waals surface area contributed by atoms with Crippen LogP contribution < -0.4 is 10.5 Å². The highest BCUT2D eigenvalue weighted by Gasteiger charge is 2.08. The summed E-state index contributed by atoms with van der Waals surface area (Å²) in [7, 11) is 0. The molecule has 2 aromatic rings. The van der Waals surface area contributed by atoms with Crippen LogP contribution in [0.1, 0.15) is 5.56 Å². The summed E-state index contributed by atoms with van der Waals surface area (Å²) in [5, 5.41) is 10.5. The standard InChI is InChI=1S/C15H13NO4/c16-14(17)9-20-13-7-5-10-3-1-2-4-11(10)12(13)6-8-15(18)19/h1-8H,9H2,(H2,16,17)(H,18,19)/b8-6+. The summed E-state index contributed by atoms with van der Waals surface area (Å²) in [4.78, 5) is 21.5. The molecular formula is C15H13NO4. The predicted molar refractivity (Wildman–Crippen MR) is 75.3 cm³/mol. The molecule has 5 nitrogen and oxygen atoms in total. The second-order valence-electron chi connectivity index (χ2n) is 4.13. The molecule has 3 N–H and O–H groups in total. The maximum absolute atomic E-state index is 10.8. The fraction of sp³-hybridized carbons (Fsp3) is 0.0667. The van der Waals surface area contributed by atoms with Crippen LogP contribution in [-0.2, 0) is 9.59 Å². The molecule has 0 saturated carbocycles. The highest BCUT2D eigenvalue weighted by Crippen LogP contribution is 2.29. The van der Waals surface area contributed by atoms with Gasteiger partial charge in [-0.05, 0) is 22.9 Å². The zero-order valence-electron chi connectivity index (χ0n) is 10.6. The summed E-state index contributed by atoms with van der Waals surface area (Å²) in [6, 6.07) is 11.0. The summed E-state index contributed by atoms with van der Waals surface area (Å²) < 4.78 is 5.32. The number of carboxylic acid groups (broad SMARTS) is 1. The Hall–Kier alpha value is -2.82. The number of rotatable bonds is 5. The Morgan fingerprint density at radius 2 is 1.95 bits per heavy atom. The van der Waals surface area contributed by atoms with E-state index in [2.05, 4.69) is 0 Å². The molecule has 0 heterocycles. The fourth-order valence-electron chi connectivity index (χ4n) is 1.88. The van der Waals surface area contributed by atoms with Crippen molar-refractivity contribution in [3.05, 3.63) is 48.0 Å². The smallest absolute Gasteiger partial charge is 0.328 e. The largest absolute Gasteiger partial charge is 0.483 e. The Balaban J connectivity index is 2.52. The van der Waals surface area contributed by atoms with Gasteiger partial charge in [-0.15, -0.1) is 0 Å². The number of amides is 1. The van der Waals surface area contributed by atoms with Crippen molar-refractivity contribution >= 4 is 28.7 Å². The summed E-state index contributed by atoms with van der Waals surface area (Å²) in [6.07, 6.45) is 2.47. The number of ether oxygens (including phenoxy) is 1. The van der Waals surface area contributed by atoms with Crippen LogP contribution in [-0.4, -0.2) is 23.6 Å². The summed E-state index contributed by atoms with van der Waals surface area (Å²) >= 11 is 0. The number of aliphatic carboxylic acids is 1. The number of primary amides is 1.